The predicted octanol–water partition coefficient (Wildman–Crippen LogP) is 1.95. The molecule has 0 saturated heterocycles. The second kappa shape index (κ2) is 6.89. The fourth-order valence-electron chi connectivity index (χ4n) is 2.26. The van der Waals surface area contributed by atoms with Gasteiger partial charge >= 0.3 is 5.97 Å². The summed E-state index contributed by atoms with van der Waals surface area (Å²) in [5, 5.41) is 0. The minimum absolute atomic E-state index is 0.0295. The third-order valence-corrected chi connectivity index (χ3v) is 6.42. The summed E-state index contributed by atoms with van der Waals surface area (Å²) in [5.74, 6) is -0.134. The summed E-state index contributed by atoms with van der Waals surface area (Å²) in [6.07, 6.45) is 3.14. The molecule has 1 saturated carbocycles. The van der Waals surface area contributed by atoms with Crippen LogP contribution in [0.2, 0.25) is 0 Å². The maximum Gasteiger partial charge on any atom is 0.308 e. The Bertz CT molecular complexity index is 413. The number of sulfone groups is 1. The molecule has 20 heavy (non-hydrogen) atoms. The van der Waals surface area contributed by atoms with Crippen LogP contribution >= 0.6 is 0 Å². The maximum atomic E-state index is 11.9. The van der Waals surface area contributed by atoms with Gasteiger partial charge in [-0.3, -0.25) is 4.79 Å². The largest absolute Gasteiger partial charge is 0.469 e. The molecule has 1 fully saturated rings. The SMILES string of the molecule is COC(=O)C1CCC(OCCS(=O)(=O)C(C)(C)C)CC1. The first-order valence-corrected chi connectivity index (χ1v) is 8.74. The Morgan fingerprint density at radius 1 is 1.15 bits per heavy atom. The van der Waals surface area contributed by atoms with Gasteiger partial charge in [0.2, 0.25) is 0 Å². The van der Waals surface area contributed by atoms with E-state index in [2.05, 4.69) is 0 Å². The van der Waals surface area contributed by atoms with E-state index in [0.29, 0.717) is 0 Å². The van der Waals surface area contributed by atoms with Crippen molar-refractivity contribution in [1.29, 1.82) is 0 Å². The van der Waals surface area contributed by atoms with Gasteiger partial charge in [-0.15, -0.1) is 0 Å². The van der Waals surface area contributed by atoms with Crippen molar-refractivity contribution in [2.75, 3.05) is 19.5 Å². The van der Waals surface area contributed by atoms with Crippen LogP contribution in [-0.2, 0) is 24.1 Å². The molecule has 0 atom stereocenters. The number of carbonyl (C=O) groups excluding carboxylic acids is 1. The fraction of sp³-hybridized carbons (Fsp3) is 0.929. The van der Waals surface area contributed by atoms with E-state index in [1.807, 2.05) is 0 Å². The molecule has 1 aliphatic rings. The Morgan fingerprint density at radius 3 is 2.15 bits per heavy atom. The summed E-state index contributed by atoms with van der Waals surface area (Å²) in [6.45, 7) is 5.32. The topological polar surface area (TPSA) is 69.7 Å². The third-order valence-electron chi connectivity index (χ3n) is 3.85. The lowest BCUT2D eigenvalue weighted by molar-refractivity contribution is -0.147. The molecule has 0 heterocycles. The Kier molecular flexibility index (Phi) is 6.01. The molecule has 118 valence electrons. The number of methoxy groups -OCH3 is 1. The zero-order valence-corrected chi connectivity index (χ0v) is 13.7. The molecule has 1 rings (SSSR count). The fourth-order valence-corrected chi connectivity index (χ4v) is 3.19. The third kappa shape index (κ3) is 4.74. The van der Waals surface area contributed by atoms with Gasteiger partial charge in [0.15, 0.2) is 9.84 Å². The first kappa shape index (κ1) is 17.4. The van der Waals surface area contributed by atoms with Gasteiger partial charge in [-0.1, -0.05) is 0 Å². The lowest BCUT2D eigenvalue weighted by Crippen LogP contribution is -2.33. The number of carbonyl (C=O) groups is 1. The minimum atomic E-state index is -3.13. The van der Waals surface area contributed by atoms with Crippen LogP contribution in [0.25, 0.3) is 0 Å². The Morgan fingerprint density at radius 2 is 1.70 bits per heavy atom. The van der Waals surface area contributed by atoms with E-state index >= 15 is 0 Å². The summed E-state index contributed by atoms with van der Waals surface area (Å²) in [5.41, 5.74) is 0. The molecule has 0 aromatic heterocycles. The molecule has 0 N–H and O–H groups in total. The summed E-state index contributed by atoms with van der Waals surface area (Å²) >= 11 is 0. The van der Waals surface area contributed by atoms with Crippen LogP contribution < -0.4 is 0 Å². The molecular weight excluding hydrogens is 280 g/mol. The first-order valence-electron chi connectivity index (χ1n) is 7.09. The molecule has 6 heteroatoms. The lowest BCUT2D eigenvalue weighted by atomic mass is 9.87. The lowest BCUT2D eigenvalue weighted by Gasteiger charge is -2.27. The van der Waals surface area contributed by atoms with Crippen molar-refractivity contribution in [3.63, 3.8) is 0 Å². The second-order valence-electron chi connectivity index (χ2n) is 6.30. The summed E-state index contributed by atoms with van der Waals surface area (Å²) in [7, 11) is -1.72. The quantitative estimate of drug-likeness (QED) is 0.726. The predicted molar refractivity (Wildman–Crippen MR) is 77.3 cm³/mol. The van der Waals surface area contributed by atoms with E-state index in [0.717, 1.165) is 25.7 Å². The van der Waals surface area contributed by atoms with Crippen molar-refractivity contribution >= 4 is 15.8 Å². The van der Waals surface area contributed by atoms with E-state index in [1.165, 1.54) is 7.11 Å². The normalized spacial score (nSPS) is 24.4. The molecule has 0 unspecified atom stereocenters. The molecule has 0 radical (unpaired) electrons. The van der Waals surface area contributed by atoms with Gasteiger partial charge in [-0.25, -0.2) is 8.42 Å². The van der Waals surface area contributed by atoms with E-state index in [-0.39, 0.29) is 30.4 Å². The summed E-state index contributed by atoms with van der Waals surface area (Å²) in [4.78, 5) is 11.4. The average Bonchev–Trinajstić information content (AvgIpc) is 2.37. The zero-order valence-electron chi connectivity index (χ0n) is 12.8. The Labute approximate surface area is 121 Å². The summed E-state index contributed by atoms with van der Waals surface area (Å²) < 4.78 is 33.5. The molecular formula is C14H26O5S. The van der Waals surface area contributed by atoms with E-state index in [4.69, 9.17) is 9.47 Å². The second-order valence-corrected chi connectivity index (χ2v) is 9.16. The van der Waals surface area contributed by atoms with E-state index < -0.39 is 14.6 Å². The van der Waals surface area contributed by atoms with Gasteiger partial charge in [0, 0.05) is 0 Å². The first-order chi connectivity index (χ1) is 9.17. The van der Waals surface area contributed by atoms with Crippen molar-refractivity contribution in [3.8, 4) is 0 Å². The molecule has 0 amide bonds. The van der Waals surface area contributed by atoms with Crippen LogP contribution in [0.4, 0.5) is 0 Å². The monoisotopic (exact) mass is 306 g/mol. The zero-order chi connectivity index (χ0) is 15.4. The van der Waals surface area contributed by atoms with Crippen LogP contribution in [0.1, 0.15) is 46.5 Å². The Balaban J connectivity index is 2.31. The number of ether oxygens (including phenoxy) is 2. The van der Waals surface area contributed by atoms with Gasteiger partial charge in [0.25, 0.3) is 0 Å². The number of rotatable bonds is 5. The molecule has 1 aliphatic carbocycles. The molecule has 5 nitrogen and oxygen atoms in total. The highest BCUT2D eigenvalue weighted by atomic mass is 32.2. The highest BCUT2D eigenvalue weighted by molar-refractivity contribution is 7.92. The van der Waals surface area contributed by atoms with Gasteiger partial charge < -0.3 is 9.47 Å². The van der Waals surface area contributed by atoms with Crippen LogP contribution in [0.15, 0.2) is 0 Å². The smallest absolute Gasteiger partial charge is 0.308 e. The van der Waals surface area contributed by atoms with Crippen LogP contribution in [0.5, 0.6) is 0 Å². The van der Waals surface area contributed by atoms with Crippen molar-refractivity contribution in [2.24, 2.45) is 5.92 Å². The van der Waals surface area contributed by atoms with Gasteiger partial charge in [0.1, 0.15) is 0 Å². The highest BCUT2D eigenvalue weighted by Gasteiger charge is 2.30. The van der Waals surface area contributed by atoms with Crippen molar-refractivity contribution in [1.82, 2.24) is 0 Å². The Hall–Kier alpha value is -0.620. The standard InChI is InChI=1S/C14H26O5S/c1-14(2,3)20(16,17)10-9-19-12-7-5-11(6-8-12)13(15)18-4/h11-12H,5-10H2,1-4H3. The number of hydrogen-bond donors (Lipinski definition) is 0. The van der Waals surface area contributed by atoms with E-state index in [9.17, 15) is 13.2 Å². The average molecular weight is 306 g/mol. The van der Waals surface area contributed by atoms with Gasteiger partial charge in [-0.05, 0) is 46.5 Å². The van der Waals surface area contributed by atoms with Crippen LogP contribution in [-0.4, -0.2) is 44.7 Å². The minimum Gasteiger partial charge on any atom is -0.469 e. The molecule has 0 bridgehead atoms. The van der Waals surface area contributed by atoms with Crippen molar-refractivity contribution in [3.05, 3.63) is 0 Å². The van der Waals surface area contributed by atoms with Gasteiger partial charge in [-0.2, -0.15) is 0 Å². The van der Waals surface area contributed by atoms with Crippen molar-refractivity contribution in [2.45, 2.75) is 57.3 Å². The van der Waals surface area contributed by atoms with Crippen molar-refractivity contribution < 1.29 is 22.7 Å². The van der Waals surface area contributed by atoms with Crippen LogP contribution in [0, 0.1) is 5.92 Å². The number of hydrogen-bond acceptors (Lipinski definition) is 5. The maximum absolute atomic E-state index is 11.9. The summed E-state index contributed by atoms with van der Waals surface area (Å²) in [6, 6.07) is 0. The van der Waals surface area contributed by atoms with E-state index in [1.54, 1.807) is 20.8 Å². The molecule has 0 spiro atoms. The molecule has 0 aliphatic heterocycles. The van der Waals surface area contributed by atoms with Gasteiger partial charge in [0.05, 0.1) is 36.2 Å². The highest BCUT2D eigenvalue weighted by Crippen LogP contribution is 2.27. The molecule has 0 aromatic carbocycles. The molecule has 0 aromatic rings. The van der Waals surface area contributed by atoms with Crippen LogP contribution in [0.3, 0.4) is 0 Å². The number of esters is 1.